The monoisotopic (exact) mass is 538 g/mol. The Hall–Kier alpha value is -4.25. The smallest absolute Gasteiger partial charge is 0.271 e. The summed E-state index contributed by atoms with van der Waals surface area (Å²) < 4.78 is 28.2. The quantitative estimate of drug-likeness (QED) is 0.293. The molecule has 0 spiro atoms. The van der Waals surface area contributed by atoms with Crippen LogP contribution in [0.3, 0.4) is 0 Å². The summed E-state index contributed by atoms with van der Waals surface area (Å²) in [7, 11) is -4.30. The molecule has 0 radical (unpaired) electrons. The second-order valence-corrected chi connectivity index (χ2v) is 10.5. The predicted molar refractivity (Wildman–Crippen MR) is 144 cm³/mol. The van der Waals surface area contributed by atoms with Crippen molar-refractivity contribution >= 4 is 33.2 Å². The molecular formula is C27H30N4O6S. The predicted octanol–water partition coefficient (Wildman–Crippen LogP) is 3.65. The third kappa shape index (κ3) is 6.54. The van der Waals surface area contributed by atoms with Crippen molar-refractivity contribution in [2.45, 2.75) is 38.3 Å². The minimum absolute atomic E-state index is 0.0436. The third-order valence-corrected chi connectivity index (χ3v) is 7.85. The number of nitro benzene ring substituents is 1. The Labute approximate surface area is 222 Å². The Morgan fingerprint density at radius 1 is 1.00 bits per heavy atom. The Balaban J connectivity index is 2.07. The summed E-state index contributed by atoms with van der Waals surface area (Å²) in [5.41, 5.74) is 1.33. The van der Waals surface area contributed by atoms with E-state index in [1.165, 1.54) is 35.2 Å². The molecule has 3 rings (SSSR count). The number of likely N-dealkylation sites (N-methyl/N-ethyl adjacent to an activating group) is 1. The molecule has 1 atom stereocenters. The normalized spacial score (nSPS) is 11.9. The summed E-state index contributed by atoms with van der Waals surface area (Å²) in [6.45, 7) is 4.97. The Kier molecular flexibility index (Phi) is 9.19. The molecular weight excluding hydrogens is 508 g/mol. The lowest BCUT2D eigenvalue weighted by Crippen LogP contribution is -2.51. The molecule has 0 aliphatic heterocycles. The fourth-order valence-electron chi connectivity index (χ4n) is 3.89. The van der Waals surface area contributed by atoms with Gasteiger partial charge in [-0.25, -0.2) is 8.42 Å². The summed E-state index contributed by atoms with van der Waals surface area (Å²) in [6.07, 6.45) is 0. The van der Waals surface area contributed by atoms with E-state index in [2.05, 4.69) is 5.32 Å². The molecule has 3 aromatic rings. The van der Waals surface area contributed by atoms with Gasteiger partial charge in [-0.15, -0.1) is 0 Å². The Morgan fingerprint density at radius 3 is 2.29 bits per heavy atom. The fraction of sp³-hybridized carbons (Fsp3) is 0.259. The minimum atomic E-state index is -4.30. The van der Waals surface area contributed by atoms with Gasteiger partial charge in [-0.3, -0.25) is 24.0 Å². The Bertz CT molecular complexity index is 1410. The van der Waals surface area contributed by atoms with Gasteiger partial charge in [-0.2, -0.15) is 0 Å². The van der Waals surface area contributed by atoms with Gasteiger partial charge in [0.25, 0.3) is 15.7 Å². The van der Waals surface area contributed by atoms with Crippen LogP contribution in [0.1, 0.15) is 25.0 Å². The number of benzene rings is 3. The van der Waals surface area contributed by atoms with Crippen molar-refractivity contribution in [1.29, 1.82) is 0 Å². The van der Waals surface area contributed by atoms with Crippen molar-refractivity contribution in [3.63, 3.8) is 0 Å². The van der Waals surface area contributed by atoms with Crippen molar-refractivity contribution < 1.29 is 22.9 Å². The van der Waals surface area contributed by atoms with Gasteiger partial charge in [-0.05, 0) is 50.1 Å². The molecule has 1 unspecified atom stereocenters. The molecule has 0 aliphatic carbocycles. The van der Waals surface area contributed by atoms with Crippen LogP contribution in [0, 0.1) is 17.0 Å². The zero-order valence-corrected chi connectivity index (χ0v) is 22.2. The van der Waals surface area contributed by atoms with E-state index < -0.39 is 33.4 Å². The average Bonchev–Trinajstić information content (AvgIpc) is 2.91. The number of nitrogens with zero attached hydrogens (tertiary/aromatic N) is 3. The number of anilines is 1. The standard InChI is InChI=1S/C27H30N4O6S/c1-4-28-27(33)21(3)29(18-22-12-9-8-11-20(22)2)26(32)19-30(23-13-10-14-24(17-23)31(34)35)38(36,37)25-15-6-5-7-16-25/h5-17,21H,4,18-19H2,1-3H3,(H,28,33). The molecule has 0 saturated carbocycles. The van der Waals surface area contributed by atoms with Crippen LogP contribution < -0.4 is 9.62 Å². The zero-order chi connectivity index (χ0) is 27.9. The number of rotatable bonds is 11. The molecule has 11 heteroatoms. The number of aryl methyl sites for hydroxylation is 1. The lowest BCUT2D eigenvalue weighted by atomic mass is 10.1. The summed E-state index contributed by atoms with van der Waals surface area (Å²) in [5.74, 6) is -1.03. The molecule has 2 amide bonds. The first-order valence-electron chi connectivity index (χ1n) is 12.0. The van der Waals surface area contributed by atoms with E-state index in [0.717, 1.165) is 21.5 Å². The highest BCUT2D eigenvalue weighted by molar-refractivity contribution is 7.92. The summed E-state index contributed by atoms with van der Waals surface area (Å²) in [5, 5.41) is 14.1. The third-order valence-electron chi connectivity index (χ3n) is 6.06. The van der Waals surface area contributed by atoms with E-state index in [1.807, 2.05) is 31.2 Å². The van der Waals surface area contributed by atoms with Gasteiger partial charge in [-0.1, -0.05) is 48.5 Å². The van der Waals surface area contributed by atoms with Crippen molar-refractivity contribution in [3.8, 4) is 0 Å². The molecule has 200 valence electrons. The van der Waals surface area contributed by atoms with Crippen LogP contribution in [0.15, 0.2) is 83.8 Å². The molecule has 0 heterocycles. The molecule has 0 aliphatic rings. The maximum atomic E-state index is 13.8. The van der Waals surface area contributed by atoms with Crippen LogP contribution in [0.2, 0.25) is 0 Å². The van der Waals surface area contributed by atoms with E-state index in [1.54, 1.807) is 32.0 Å². The van der Waals surface area contributed by atoms with Crippen molar-refractivity contribution in [2.24, 2.45) is 0 Å². The number of nitrogens with one attached hydrogen (secondary N) is 1. The first kappa shape index (κ1) is 28.3. The summed E-state index contributed by atoms with van der Waals surface area (Å²) >= 11 is 0. The highest BCUT2D eigenvalue weighted by atomic mass is 32.2. The first-order valence-corrected chi connectivity index (χ1v) is 13.4. The molecule has 0 aromatic heterocycles. The number of carbonyl (C=O) groups excluding carboxylic acids is 2. The lowest BCUT2D eigenvalue weighted by molar-refractivity contribution is -0.384. The van der Waals surface area contributed by atoms with Crippen molar-refractivity contribution in [2.75, 3.05) is 17.4 Å². The number of amides is 2. The molecule has 1 N–H and O–H groups in total. The number of hydrogen-bond donors (Lipinski definition) is 1. The largest absolute Gasteiger partial charge is 0.355 e. The van der Waals surface area contributed by atoms with Crippen LogP contribution in [-0.4, -0.2) is 49.2 Å². The maximum Gasteiger partial charge on any atom is 0.271 e. The van der Waals surface area contributed by atoms with Crippen LogP contribution in [0.4, 0.5) is 11.4 Å². The van der Waals surface area contributed by atoms with E-state index in [9.17, 15) is 28.1 Å². The second-order valence-electron chi connectivity index (χ2n) is 8.62. The molecule has 0 bridgehead atoms. The van der Waals surface area contributed by atoms with Gasteiger partial charge >= 0.3 is 0 Å². The van der Waals surface area contributed by atoms with Gasteiger partial charge < -0.3 is 10.2 Å². The van der Waals surface area contributed by atoms with Gasteiger partial charge in [0.1, 0.15) is 12.6 Å². The first-order chi connectivity index (χ1) is 18.1. The SMILES string of the molecule is CCNC(=O)C(C)N(Cc1ccccc1C)C(=O)CN(c1cccc([N+](=O)[O-])c1)S(=O)(=O)c1ccccc1. The second kappa shape index (κ2) is 12.3. The summed E-state index contributed by atoms with van der Waals surface area (Å²) in [4.78, 5) is 38.5. The lowest BCUT2D eigenvalue weighted by Gasteiger charge is -2.32. The number of nitro groups is 1. The van der Waals surface area contributed by atoms with Crippen LogP contribution in [0.5, 0.6) is 0 Å². The highest BCUT2D eigenvalue weighted by Gasteiger charge is 2.33. The van der Waals surface area contributed by atoms with Crippen LogP contribution >= 0.6 is 0 Å². The minimum Gasteiger partial charge on any atom is -0.355 e. The maximum absolute atomic E-state index is 13.8. The van der Waals surface area contributed by atoms with E-state index in [4.69, 9.17) is 0 Å². The number of non-ortho nitro benzene ring substituents is 1. The van der Waals surface area contributed by atoms with Gasteiger partial charge in [0.05, 0.1) is 15.5 Å². The number of carbonyl (C=O) groups is 2. The topological polar surface area (TPSA) is 130 Å². The Morgan fingerprint density at radius 2 is 1.66 bits per heavy atom. The number of sulfonamides is 1. The fourth-order valence-corrected chi connectivity index (χ4v) is 5.31. The molecule has 10 nitrogen and oxygen atoms in total. The van der Waals surface area contributed by atoms with E-state index in [-0.39, 0.29) is 28.7 Å². The highest BCUT2D eigenvalue weighted by Crippen LogP contribution is 2.27. The molecule has 38 heavy (non-hydrogen) atoms. The van der Waals surface area contributed by atoms with E-state index in [0.29, 0.717) is 6.54 Å². The van der Waals surface area contributed by atoms with Gasteiger partial charge in [0.15, 0.2) is 0 Å². The molecule has 0 saturated heterocycles. The average molecular weight is 539 g/mol. The zero-order valence-electron chi connectivity index (χ0n) is 21.4. The van der Waals surface area contributed by atoms with Crippen molar-refractivity contribution in [1.82, 2.24) is 10.2 Å². The number of hydrogen-bond acceptors (Lipinski definition) is 6. The van der Waals surface area contributed by atoms with Crippen molar-refractivity contribution in [3.05, 3.63) is 100 Å². The summed E-state index contributed by atoms with van der Waals surface area (Å²) in [6, 6.07) is 19.1. The molecule has 0 fully saturated rings. The van der Waals surface area contributed by atoms with Gasteiger partial charge in [0.2, 0.25) is 11.8 Å². The molecule has 3 aromatic carbocycles. The van der Waals surface area contributed by atoms with Crippen LogP contribution in [-0.2, 0) is 26.2 Å². The van der Waals surface area contributed by atoms with Crippen LogP contribution in [0.25, 0.3) is 0 Å². The van der Waals surface area contributed by atoms with Gasteiger partial charge in [0, 0.05) is 25.2 Å². The van der Waals surface area contributed by atoms with E-state index >= 15 is 0 Å².